The summed E-state index contributed by atoms with van der Waals surface area (Å²) in [6, 6.07) is 20.9. The molecule has 4 rings (SSSR count). The summed E-state index contributed by atoms with van der Waals surface area (Å²) < 4.78 is 7.66. The van der Waals surface area contributed by atoms with Gasteiger partial charge in [-0.25, -0.2) is 9.78 Å². The number of rotatable bonds is 6. The molecule has 0 aliphatic rings. The van der Waals surface area contributed by atoms with Crippen LogP contribution in [-0.4, -0.2) is 20.9 Å². The van der Waals surface area contributed by atoms with E-state index in [1.807, 2.05) is 67.7 Å². The van der Waals surface area contributed by atoms with E-state index in [2.05, 4.69) is 44.3 Å². The van der Waals surface area contributed by atoms with Crippen molar-refractivity contribution < 1.29 is 9.53 Å². The third-order valence-electron chi connectivity index (χ3n) is 5.58. The highest BCUT2D eigenvalue weighted by Gasteiger charge is 2.28. The fourth-order valence-corrected chi connectivity index (χ4v) is 4.54. The number of benzene rings is 2. The minimum absolute atomic E-state index is 0.137. The highest BCUT2D eigenvalue weighted by molar-refractivity contribution is 5.91. The summed E-state index contributed by atoms with van der Waals surface area (Å²) in [5.74, 6) is 1.08. The van der Waals surface area contributed by atoms with Crippen LogP contribution in [0.15, 0.2) is 72.9 Å². The second-order valence-electron chi connectivity index (χ2n) is 10.8. The van der Waals surface area contributed by atoms with Gasteiger partial charge in [0.25, 0.3) is 0 Å². The van der Waals surface area contributed by atoms with Crippen molar-refractivity contribution in [2.24, 2.45) is 5.41 Å². The third kappa shape index (κ3) is 5.48. The predicted molar refractivity (Wildman–Crippen MR) is 139 cm³/mol. The number of fused-ring (bicyclic) bond motifs is 1. The lowest BCUT2D eigenvalue weighted by Crippen LogP contribution is -2.36. The van der Waals surface area contributed by atoms with Gasteiger partial charge in [0.2, 0.25) is 0 Å². The zero-order valence-corrected chi connectivity index (χ0v) is 20.8. The number of ether oxygens (including phenoxy) is 1. The van der Waals surface area contributed by atoms with Gasteiger partial charge in [0.05, 0.1) is 5.56 Å². The average molecular weight is 456 g/mol. The Labute approximate surface area is 201 Å². The molecule has 2 aromatic carbocycles. The van der Waals surface area contributed by atoms with Crippen molar-refractivity contribution in [1.82, 2.24) is 9.38 Å². The van der Waals surface area contributed by atoms with E-state index >= 15 is 0 Å². The maximum atomic E-state index is 12.5. The topological polar surface area (TPSA) is 55.6 Å². The van der Waals surface area contributed by atoms with Crippen molar-refractivity contribution in [2.75, 3.05) is 5.32 Å². The Morgan fingerprint density at radius 2 is 1.62 bits per heavy atom. The Morgan fingerprint density at radius 1 is 0.941 bits per heavy atom. The average Bonchev–Trinajstić information content (AvgIpc) is 3.11. The summed E-state index contributed by atoms with van der Waals surface area (Å²) in [5, 5.41) is 3.75. The molecular weight excluding hydrogens is 422 g/mol. The number of carbonyl (C=O) groups is 1. The molecule has 0 aliphatic carbocycles. The monoisotopic (exact) mass is 455 g/mol. The molecule has 0 amide bonds. The van der Waals surface area contributed by atoms with E-state index in [1.165, 1.54) is 0 Å². The molecule has 0 unspecified atom stereocenters. The lowest BCUT2D eigenvalue weighted by Gasteiger charge is -2.34. The van der Waals surface area contributed by atoms with Gasteiger partial charge in [0.15, 0.2) is 0 Å². The lowest BCUT2D eigenvalue weighted by atomic mass is 9.82. The van der Waals surface area contributed by atoms with Crippen LogP contribution in [0.25, 0.3) is 16.9 Å². The van der Waals surface area contributed by atoms with Gasteiger partial charge in [-0.15, -0.1) is 0 Å². The first-order chi connectivity index (χ1) is 16.0. The molecule has 0 saturated carbocycles. The predicted octanol–water partition coefficient (Wildman–Crippen LogP) is 7.16. The lowest BCUT2D eigenvalue weighted by molar-refractivity contribution is 0.0734. The van der Waals surface area contributed by atoms with E-state index in [9.17, 15) is 4.79 Å². The number of anilines is 1. The first-order valence-corrected chi connectivity index (χ1v) is 11.7. The SMILES string of the molecule is Cc1ccc(C(=O)Oc2ccc(-c3nc4ccccn4c3NC(C)(C)CC(C)(C)C)cc2)cc1. The zero-order valence-electron chi connectivity index (χ0n) is 20.8. The van der Waals surface area contributed by atoms with Crippen molar-refractivity contribution in [1.29, 1.82) is 0 Å². The fourth-order valence-electron chi connectivity index (χ4n) is 4.54. The second kappa shape index (κ2) is 8.98. The minimum Gasteiger partial charge on any atom is -0.423 e. The first kappa shape index (κ1) is 23.6. The zero-order chi connectivity index (χ0) is 24.5. The van der Waals surface area contributed by atoms with Crippen LogP contribution in [0, 0.1) is 12.3 Å². The standard InChI is InChI=1S/C29H33N3O2/c1-20-10-12-22(13-11-20)27(33)34-23-16-14-21(15-17-23)25-26(31-29(5,6)19-28(2,3)4)32-18-8-7-9-24(32)30-25/h7-18,31H,19H2,1-6H3. The number of aryl methyl sites for hydroxylation is 1. The highest BCUT2D eigenvalue weighted by atomic mass is 16.5. The van der Waals surface area contributed by atoms with E-state index < -0.39 is 0 Å². The van der Waals surface area contributed by atoms with Gasteiger partial charge < -0.3 is 10.1 Å². The van der Waals surface area contributed by atoms with E-state index in [-0.39, 0.29) is 16.9 Å². The van der Waals surface area contributed by atoms with Gasteiger partial charge in [-0.1, -0.05) is 44.5 Å². The largest absolute Gasteiger partial charge is 0.423 e. The molecular formula is C29H33N3O2. The van der Waals surface area contributed by atoms with E-state index in [0.717, 1.165) is 34.7 Å². The van der Waals surface area contributed by atoms with Crippen molar-refractivity contribution in [3.8, 4) is 17.0 Å². The van der Waals surface area contributed by atoms with Crippen LogP contribution in [0.5, 0.6) is 5.75 Å². The van der Waals surface area contributed by atoms with Crippen LogP contribution >= 0.6 is 0 Å². The van der Waals surface area contributed by atoms with Crippen LogP contribution in [0.1, 0.15) is 57.0 Å². The summed E-state index contributed by atoms with van der Waals surface area (Å²) >= 11 is 0. The number of pyridine rings is 1. The first-order valence-electron chi connectivity index (χ1n) is 11.7. The van der Waals surface area contributed by atoms with Crippen molar-refractivity contribution in [2.45, 2.75) is 53.5 Å². The van der Waals surface area contributed by atoms with Crippen molar-refractivity contribution in [3.63, 3.8) is 0 Å². The van der Waals surface area contributed by atoms with Gasteiger partial charge in [-0.2, -0.15) is 0 Å². The van der Waals surface area contributed by atoms with Crippen LogP contribution in [-0.2, 0) is 0 Å². The van der Waals surface area contributed by atoms with Crippen molar-refractivity contribution >= 4 is 17.4 Å². The number of hydrogen-bond donors (Lipinski definition) is 1. The van der Waals surface area contributed by atoms with Crippen molar-refractivity contribution in [3.05, 3.63) is 84.1 Å². The summed E-state index contributed by atoms with van der Waals surface area (Å²) in [6.07, 6.45) is 3.02. The molecule has 2 aromatic heterocycles. The Kier molecular flexibility index (Phi) is 6.22. The van der Waals surface area contributed by atoms with Crippen LogP contribution in [0.4, 0.5) is 5.82 Å². The molecule has 34 heavy (non-hydrogen) atoms. The van der Waals surface area contributed by atoms with Crippen LogP contribution in [0.3, 0.4) is 0 Å². The molecule has 0 atom stereocenters. The summed E-state index contributed by atoms with van der Waals surface area (Å²) in [7, 11) is 0. The number of esters is 1. The number of hydrogen-bond acceptors (Lipinski definition) is 4. The number of carbonyl (C=O) groups excluding carboxylic acids is 1. The summed E-state index contributed by atoms with van der Waals surface area (Å²) in [4.78, 5) is 17.4. The Bertz CT molecular complexity index is 1290. The highest BCUT2D eigenvalue weighted by Crippen LogP contribution is 2.35. The molecule has 0 aliphatic heterocycles. The molecule has 2 heterocycles. The van der Waals surface area contributed by atoms with Gasteiger partial charge in [0.1, 0.15) is 22.9 Å². The Morgan fingerprint density at radius 3 is 2.26 bits per heavy atom. The Balaban J connectivity index is 1.62. The molecule has 0 spiro atoms. The maximum Gasteiger partial charge on any atom is 0.343 e. The molecule has 4 aromatic rings. The van der Waals surface area contributed by atoms with E-state index in [0.29, 0.717) is 11.3 Å². The number of aromatic nitrogens is 2. The smallest absolute Gasteiger partial charge is 0.343 e. The molecule has 5 heteroatoms. The third-order valence-corrected chi connectivity index (χ3v) is 5.58. The van der Waals surface area contributed by atoms with Gasteiger partial charge in [0, 0.05) is 17.3 Å². The van der Waals surface area contributed by atoms with E-state index in [4.69, 9.17) is 9.72 Å². The summed E-state index contributed by atoms with van der Waals surface area (Å²) in [5.41, 5.74) is 4.37. The van der Waals surface area contributed by atoms with Gasteiger partial charge >= 0.3 is 5.97 Å². The summed E-state index contributed by atoms with van der Waals surface area (Å²) in [6.45, 7) is 13.2. The number of imidazole rings is 1. The molecule has 0 radical (unpaired) electrons. The normalized spacial score (nSPS) is 12.1. The van der Waals surface area contributed by atoms with E-state index in [1.54, 1.807) is 12.1 Å². The molecule has 5 nitrogen and oxygen atoms in total. The van der Waals surface area contributed by atoms with Crippen LogP contribution < -0.4 is 10.1 Å². The Hall–Kier alpha value is -3.60. The van der Waals surface area contributed by atoms with Gasteiger partial charge in [-0.3, -0.25) is 4.40 Å². The fraction of sp³-hybridized carbons (Fsp3) is 0.310. The second-order valence-corrected chi connectivity index (χ2v) is 10.8. The van der Waals surface area contributed by atoms with Gasteiger partial charge in [-0.05, 0) is 81.1 Å². The molecule has 0 bridgehead atoms. The molecule has 0 saturated heterocycles. The minimum atomic E-state index is -0.369. The van der Waals surface area contributed by atoms with Crippen LogP contribution in [0.2, 0.25) is 0 Å². The molecule has 0 fully saturated rings. The number of nitrogens with zero attached hydrogens (tertiary/aromatic N) is 2. The maximum absolute atomic E-state index is 12.5. The molecule has 176 valence electrons. The molecule has 1 N–H and O–H groups in total. The quantitative estimate of drug-likeness (QED) is 0.248. The number of nitrogens with one attached hydrogen (secondary N) is 1.